The lowest BCUT2D eigenvalue weighted by atomic mass is 10.1. The van der Waals surface area contributed by atoms with Crippen LogP contribution in [0.2, 0.25) is 0 Å². The molecule has 1 aromatic carbocycles. The third-order valence-electron chi connectivity index (χ3n) is 1.68. The maximum absolute atomic E-state index is 5.45. The zero-order valence-electron chi connectivity index (χ0n) is 8.55. The van der Waals surface area contributed by atoms with Gasteiger partial charge in [0.25, 0.3) is 0 Å². The van der Waals surface area contributed by atoms with Crippen LogP contribution < -0.4 is 4.18 Å². The molecular weight excluding hydrogens is 196 g/mol. The Bertz CT molecular complexity index is 330. The van der Waals surface area contributed by atoms with Crippen LogP contribution in [0, 0.1) is 25.0 Å². The van der Waals surface area contributed by atoms with Gasteiger partial charge in [-0.1, -0.05) is 24.1 Å². The normalized spacial score (nSPS) is 8.21. The van der Waals surface area contributed by atoms with Crippen molar-refractivity contribution in [2.75, 3.05) is 0 Å². The predicted octanol–water partition coefficient (Wildman–Crippen LogP) is 2.49. The Morgan fingerprint density at radius 1 is 1.21 bits per heavy atom. The monoisotopic (exact) mass is 210 g/mol. The van der Waals surface area contributed by atoms with Gasteiger partial charge in [0.1, 0.15) is 17.8 Å². The van der Waals surface area contributed by atoms with Crippen molar-refractivity contribution in [3.05, 3.63) is 29.3 Å². The van der Waals surface area contributed by atoms with Crippen LogP contribution in [-0.4, -0.2) is 5.48 Å². The van der Waals surface area contributed by atoms with Crippen LogP contribution in [-0.2, 0) is 0 Å². The van der Waals surface area contributed by atoms with Crippen molar-refractivity contribution in [1.82, 2.24) is 0 Å². The van der Waals surface area contributed by atoms with E-state index in [1.807, 2.05) is 32.0 Å². The molecule has 14 heavy (non-hydrogen) atoms. The number of benzene rings is 1. The standard InChI is InChI=1S/C11H12OS.H2O/c1-4-8-13-12-11-9(2)6-5-7-10(11)3;/h5-7H,1-3H3;1H2. The highest BCUT2D eigenvalue weighted by molar-refractivity contribution is 7.99. The van der Waals surface area contributed by atoms with Gasteiger partial charge >= 0.3 is 0 Å². The molecule has 0 bridgehead atoms. The van der Waals surface area contributed by atoms with Gasteiger partial charge in [0.2, 0.25) is 0 Å². The van der Waals surface area contributed by atoms with E-state index in [1.165, 1.54) is 12.0 Å². The summed E-state index contributed by atoms with van der Waals surface area (Å²) in [7, 11) is 0. The Balaban J connectivity index is 0.00000169. The predicted molar refractivity (Wildman–Crippen MR) is 61.2 cm³/mol. The average molecular weight is 210 g/mol. The lowest BCUT2D eigenvalue weighted by Gasteiger charge is -2.06. The fourth-order valence-corrected chi connectivity index (χ4v) is 1.51. The van der Waals surface area contributed by atoms with Gasteiger partial charge in [-0.3, -0.25) is 0 Å². The lowest BCUT2D eigenvalue weighted by Crippen LogP contribution is -1.87. The van der Waals surface area contributed by atoms with Crippen molar-refractivity contribution in [3.63, 3.8) is 0 Å². The van der Waals surface area contributed by atoms with Crippen molar-refractivity contribution >= 4 is 12.0 Å². The van der Waals surface area contributed by atoms with Crippen LogP contribution in [0.3, 0.4) is 0 Å². The van der Waals surface area contributed by atoms with Gasteiger partial charge in [0.15, 0.2) is 0 Å². The molecule has 0 aliphatic rings. The first-order valence-electron chi connectivity index (χ1n) is 4.07. The van der Waals surface area contributed by atoms with Crippen LogP contribution in [0.1, 0.15) is 18.1 Å². The number of hydrogen-bond acceptors (Lipinski definition) is 2. The molecule has 0 fully saturated rings. The summed E-state index contributed by atoms with van der Waals surface area (Å²) in [6, 6.07) is 6.08. The van der Waals surface area contributed by atoms with Gasteiger partial charge in [0, 0.05) is 5.25 Å². The summed E-state index contributed by atoms with van der Waals surface area (Å²) >= 11 is 1.17. The summed E-state index contributed by atoms with van der Waals surface area (Å²) in [6.07, 6.45) is 0. The molecule has 0 spiro atoms. The zero-order chi connectivity index (χ0) is 9.68. The third-order valence-corrected chi connectivity index (χ3v) is 2.21. The van der Waals surface area contributed by atoms with Crippen molar-refractivity contribution in [1.29, 1.82) is 0 Å². The second-order valence-electron chi connectivity index (χ2n) is 2.74. The van der Waals surface area contributed by atoms with E-state index in [4.69, 9.17) is 4.18 Å². The highest BCUT2D eigenvalue weighted by atomic mass is 32.2. The second-order valence-corrected chi connectivity index (χ2v) is 3.28. The molecule has 0 aromatic heterocycles. The number of para-hydroxylation sites is 1. The molecule has 0 saturated heterocycles. The van der Waals surface area contributed by atoms with Crippen molar-refractivity contribution in [2.45, 2.75) is 20.8 Å². The minimum atomic E-state index is 0. The molecule has 76 valence electrons. The van der Waals surface area contributed by atoms with E-state index in [1.54, 1.807) is 6.92 Å². The Morgan fingerprint density at radius 2 is 1.79 bits per heavy atom. The van der Waals surface area contributed by atoms with Crippen LogP contribution in [0.25, 0.3) is 0 Å². The Labute approximate surface area is 89.2 Å². The van der Waals surface area contributed by atoms with Crippen molar-refractivity contribution < 1.29 is 9.66 Å². The first kappa shape index (κ1) is 12.9. The van der Waals surface area contributed by atoms with E-state index in [2.05, 4.69) is 11.2 Å². The van der Waals surface area contributed by atoms with Gasteiger partial charge < -0.3 is 9.66 Å². The fourth-order valence-electron chi connectivity index (χ4n) is 1.03. The summed E-state index contributed by atoms with van der Waals surface area (Å²) in [6.45, 7) is 5.85. The van der Waals surface area contributed by atoms with Crippen LogP contribution in [0.15, 0.2) is 18.2 Å². The van der Waals surface area contributed by atoms with E-state index < -0.39 is 0 Å². The maximum Gasteiger partial charge on any atom is 0.145 e. The molecule has 1 aromatic rings. The zero-order valence-corrected chi connectivity index (χ0v) is 9.37. The molecule has 0 radical (unpaired) electrons. The number of aryl methyl sites for hydroxylation is 2. The summed E-state index contributed by atoms with van der Waals surface area (Å²) in [5.41, 5.74) is 2.29. The maximum atomic E-state index is 5.45. The SMILES string of the molecule is CC#CSOc1c(C)cccc1C.O. The summed E-state index contributed by atoms with van der Waals surface area (Å²) in [4.78, 5) is 0. The van der Waals surface area contributed by atoms with E-state index in [9.17, 15) is 0 Å². The molecule has 0 saturated carbocycles. The van der Waals surface area contributed by atoms with Gasteiger partial charge in [-0.2, -0.15) is 0 Å². The van der Waals surface area contributed by atoms with E-state index in [0.717, 1.165) is 16.9 Å². The second kappa shape index (κ2) is 6.36. The molecule has 2 nitrogen and oxygen atoms in total. The molecule has 0 atom stereocenters. The minimum Gasteiger partial charge on any atom is -0.412 e. The van der Waals surface area contributed by atoms with Crippen molar-refractivity contribution in [3.8, 4) is 16.9 Å². The van der Waals surface area contributed by atoms with Crippen LogP contribution >= 0.6 is 12.0 Å². The smallest absolute Gasteiger partial charge is 0.145 e. The largest absolute Gasteiger partial charge is 0.412 e. The topological polar surface area (TPSA) is 40.7 Å². The quantitative estimate of drug-likeness (QED) is 0.556. The highest BCUT2D eigenvalue weighted by Gasteiger charge is 2.02. The molecule has 0 heterocycles. The molecule has 0 unspecified atom stereocenters. The van der Waals surface area contributed by atoms with Crippen molar-refractivity contribution in [2.24, 2.45) is 0 Å². The average Bonchev–Trinajstić information content (AvgIpc) is 2.10. The van der Waals surface area contributed by atoms with E-state index in [-0.39, 0.29) is 5.48 Å². The number of rotatable bonds is 2. The first-order chi connectivity index (χ1) is 6.25. The first-order valence-corrected chi connectivity index (χ1v) is 4.81. The van der Waals surface area contributed by atoms with Crippen LogP contribution in [0.4, 0.5) is 0 Å². The van der Waals surface area contributed by atoms with Crippen LogP contribution in [0.5, 0.6) is 5.75 Å². The molecule has 2 N–H and O–H groups in total. The number of hydrogen-bond donors (Lipinski definition) is 0. The minimum absolute atomic E-state index is 0. The summed E-state index contributed by atoms with van der Waals surface area (Å²) in [5, 5.41) is 2.80. The van der Waals surface area contributed by atoms with Gasteiger partial charge in [0.05, 0.1) is 0 Å². The molecule has 3 heteroatoms. The fraction of sp³-hybridized carbons (Fsp3) is 0.273. The van der Waals surface area contributed by atoms with Gasteiger partial charge in [-0.25, -0.2) is 0 Å². The summed E-state index contributed by atoms with van der Waals surface area (Å²) < 4.78 is 5.45. The molecule has 0 aliphatic carbocycles. The molecule has 1 rings (SSSR count). The van der Waals surface area contributed by atoms with E-state index >= 15 is 0 Å². The molecule has 0 amide bonds. The molecule has 0 aliphatic heterocycles. The third kappa shape index (κ3) is 3.33. The highest BCUT2D eigenvalue weighted by Crippen LogP contribution is 2.25. The van der Waals surface area contributed by atoms with Gasteiger partial charge in [-0.05, 0) is 31.9 Å². The Kier molecular flexibility index (Phi) is 5.86. The summed E-state index contributed by atoms with van der Waals surface area (Å²) in [5.74, 6) is 3.69. The van der Waals surface area contributed by atoms with E-state index in [0.29, 0.717) is 0 Å². The Hall–Kier alpha value is -1.11. The lowest BCUT2D eigenvalue weighted by molar-refractivity contribution is 0.640. The van der Waals surface area contributed by atoms with Gasteiger partial charge in [-0.15, -0.1) is 0 Å². The Morgan fingerprint density at radius 3 is 2.29 bits per heavy atom. The molecular formula is C11H14O2S.